The molecule has 3 rings (SSSR count). The van der Waals surface area contributed by atoms with Crippen LogP contribution in [0.1, 0.15) is 5.56 Å². The summed E-state index contributed by atoms with van der Waals surface area (Å²) in [7, 11) is 1.51. The van der Waals surface area contributed by atoms with E-state index in [1.54, 1.807) is 42.5 Å². The molecular weight excluding hydrogens is 431 g/mol. The number of benzene rings is 2. The van der Waals surface area contributed by atoms with E-state index < -0.39 is 11.9 Å². The minimum absolute atomic E-state index is 0.146. The second kappa shape index (κ2) is 7.07. The first kappa shape index (κ1) is 17.8. The summed E-state index contributed by atoms with van der Waals surface area (Å²) in [4.78, 5) is 25.8. The molecule has 2 aromatic carbocycles. The first-order valence-corrected chi connectivity index (χ1v) is 8.61. The highest BCUT2D eigenvalue weighted by molar-refractivity contribution is 9.10. The van der Waals surface area contributed by atoms with E-state index in [-0.39, 0.29) is 5.70 Å². The molecule has 1 N–H and O–H groups in total. The van der Waals surface area contributed by atoms with Crippen LogP contribution in [-0.4, -0.2) is 19.0 Å². The van der Waals surface area contributed by atoms with Crippen molar-refractivity contribution >= 4 is 62.8 Å². The molecule has 0 spiro atoms. The normalized spacial score (nSPS) is 15.7. The Hall–Kier alpha value is -2.02. The van der Waals surface area contributed by atoms with Gasteiger partial charge >= 0.3 is 6.03 Å². The number of nitrogens with one attached hydrogen (secondary N) is 1. The van der Waals surface area contributed by atoms with Gasteiger partial charge in [-0.15, -0.1) is 0 Å². The third-order valence-corrected chi connectivity index (χ3v) is 4.62. The van der Waals surface area contributed by atoms with E-state index in [0.717, 1.165) is 4.90 Å². The highest BCUT2D eigenvalue weighted by atomic mass is 79.9. The SMILES string of the molecule is COc1c(Cl)cc(/C=C2/NC(=O)N(c3ccc(Cl)cc3)C2=O)cc1Br. The largest absolute Gasteiger partial charge is 0.494 e. The second-order valence-corrected chi connectivity index (χ2v) is 6.82. The number of hydrogen-bond acceptors (Lipinski definition) is 3. The highest BCUT2D eigenvalue weighted by Crippen LogP contribution is 2.35. The molecule has 0 unspecified atom stereocenters. The Morgan fingerprint density at radius 2 is 1.84 bits per heavy atom. The maximum Gasteiger partial charge on any atom is 0.333 e. The van der Waals surface area contributed by atoms with Crippen LogP contribution in [0.3, 0.4) is 0 Å². The number of carbonyl (C=O) groups is 2. The van der Waals surface area contributed by atoms with Gasteiger partial charge in [0.05, 0.1) is 22.3 Å². The van der Waals surface area contributed by atoms with Gasteiger partial charge in [0.1, 0.15) is 5.70 Å². The number of rotatable bonds is 3. The van der Waals surface area contributed by atoms with Gasteiger partial charge in [-0.05, 0) is 64.0 Å². The molecule has 0 aromatic heterocycles. The van der Waals surface area contributed by atoms with Gasteiger partial charge in [-0.25, -0.2) is 9.69 Å². The van der Waals surface area contributed by atoms with Crippen LogP contribution in [0.4, 0.5) is 10.5 Å². The molecule has 1 heterocycles. The average molecular weight is 442 g/mol. The number of ether oxygens (including phenoxy) is 1. The van der Waals surface area contributed by atoms with Crippen LogP contribution in [0.15, 0.2) is 46.6 Å². The fourth-order valence-electron chi connectivity index (χ4n) is 2.38. The summed E-state index contributed by atoms with van der Waals surface area (Å²) in [6, 6.07) is 9.27. The fourth-order valence-corrected chi connectivity index (χ4v) is 3.57. The highest BCUT2D eigenvalue weighted by Gasteiger charge is 2.34. The number of imide groups is 1. The number of nitrogens with zero attached hydrogens (tertiary/aromatic N) is 1. The molecule has 2 aromatic rings. The molecule has 3 amide bonds. The molecule has 25 heavy (non-hydrogen) atoms. The monoisotopic (exact) mass is 440 g/mol. The van der Waals surface area contributed by atoms with Crippen molar-refractivity contribution in [1.29, 1.82) is 0 Å². The molecule has 0 saturated carbocycles. The number of carbonyl (C=O) groups excluding carboxylic acids is 2. The number of anilines is 1. The Bertz CT molecular complexity index is 874. The lowest BCUT2D eigenvalue weighted by atomic mass is 10.1. The molecule has 0 bridgehead atoms. The molecule has 0 atom stereocenters. The predicted molar refractivity (Wildman–Crippen MR) is 101 cm³/mol. The second-order valence-electron chi connectivity index (χ2n) is 5.12. The third kappa shape index (κ3) is 3.51. The summed E-state index contributed by atoms with van der Waals surface area (Å²) in [6.07, 6.45) is 1.55. The first-order chi connectivity index (χ1) is 11.9. The van der Waals surface area contributed by atoms with Crippen molar-refractivity contribution < 1.29 is 14.3 Å². The summed E-state index contributed by atoms with van der Waals surface area (Å²) in [6.45, 7) is 0. The molecule has 1 aliphatic rings. The first-order valence-electron chi connectivity index (χ1n) is 7.06. The maximum absolute atomic E-state index is 12.6. The van der Waals surface area contributed by atoms with Crippen LogP contribution in [0, 0.1) is 0 Å². The van der Waals surface area contributed by atoms with Gasteiger partial charge in [0, 0.05) is 5.02 Å². The molecule has 128 valence electrons. The van der Waals surface area contributed by atoms with Crippen molar-refractivity contribution in [2.45, 2.75) is 0 Å². The number of hydrogen-bond donors (Lipinski definition) is 1. The lowest BCUT2D eigenvalue weighted by Gasteiger charge is -2.11. The zero-order valence-corrected chi connectivity index (χ0v) is 15.9. The van der Waals surface area contributed by atoms with Crippen LogP contribution in [0.5, 0.6) is 5.75 Å². The summed E-state index contributed by atoms with van der Waals surface area (Å²) in [5.74, 6) is 0.0313. The molecule has 1 saturated heterocycles. The third-order valence-electron chi connectivity index (χ3n) is 3.50. The zero-order chi connectivity index (χ0) is 18.1. The minimum Gasteiger partial charge on any atom is -0.494 e. The summed E-state index contributed by atoms with van der Waals surface area (Å²) in [5.41, 5.74) is 1.22. The van der Waals surface area contributed by atoms with Crippen LogP contribution >= 0.6 is 39.1 Å². The van der Waals surface area contributed by atoms with Crippen molar-refractivity contribution in [2.24, 2.45) is 0 Å². The van der Waals surface area contributed by atoms with E-state index in [9.17, 15) is 9.59 Å². The molecule has 0 aliphatic carbocycles. The summed E-state index contributed by atoms with van der Waals surface area (Å²) < 4.78 is 5.81. The Morgan fingerprint density at radius 3 is 2.44 bits per heavy atom. The van der Waals surface area contributed by atoms with Gasteiger partial charge < -0.3 is 10.1 Å². The Labute approximate surface area is 162 Å². The summed E-state index contributed by atoms with van der Waals surface area (Å²) >= 11 is 15.3. The maximum atomic E-state index is 12.6. The van der Waals surface area contributed by atoms with E-state index in [1.807, 2.05) is 0 Å². The predicted octanol–water partition coefficient (Wildman–Crippen LogP) is 4.86. The van der Waals surface area contributed by atoms with Crippen molar-refractivity contribution in [2.75, 3.05) is 12.0 Å². The quantitative estimate of drug-likeness (QED) is 0.546. The van der Waals surface area contributed by atoms with Crippen molar-refractivity contribution in [3.63, 3.8) is 0 Å². The summed E-state index contributed by atoms with van der Waals surface area (Å²) in [5, 5.41) is 3.46. The van der Waals surface area contributed by atoms with Crippen LogP contribution in [0.2, 0.25) is 10.0 Å². The topological polar surface area (TPSA) is 58.6 Å². The molecule has 1 aliphatic heterocycles. The van der Waals surface area contributed by atoms with Gasteiger partial charge in [-0.2, -0.15) is 0 Å². The lowest BCUT2D eigenvalue weighted by Crippen LogP contribution is -2.30. The van der Waals surface area contributed by atoms with Crippen LogP contribution in [-0.2, 0) is 4.79 Å². The number of methoxy groups -OCH3 is 1. The van der Waals surface area contributed by atoms with E-state index >= 15 is 0 Å². The number of halogens is 3. The van der Waals surface area contributed by atoms with Crippen molar-refractivity contribution in [1.82, 2.24) is 5.32 Å². The smallest absolute Gasteiger partial charge is 0.333 e. The zero-order valence-electron chi connectivity index (χ0n) is 12.8. The Balaban J connectivity index is 1.94. The van der Waals surface area contributed by atoms with Gasteiger partial charge in [0.25, 0.3) is 5.91 Å². The Kier molecular flexibility index (Phi) is 5.03. The van der Waals surface area contributed by atoms with Gasteiger partial charge in [0.15, 0.2) is 5.75 Å². The van der Waals surface area contributed by atoms with Crippen molar-refractivity contribution in [3.05, 3.63) is 62.2 Å². The molecule has 1 fully saturated rings. The van der Waals surface area contributed by atoms with E-state index in [4.69, 9.17) is 27.9 Å². The van der Waals surface area contributed by atoms with E-state index in [1.165, 1.54) is 7.11 Å². The van der Waals surface area contributed by atoms with Crippen LogP contribution in [0.25, 0.3) is 6.08 Å². The molecule has 5 nitrogen and oxygen atoms in total. The Morgan fingerprint density at radius 1 is 1.16 bits per heavy atom. The van der Waals surface area contributed by atoms with Crippen molar-refractivity contribution in [3.8, 4) is 5.75 Å². The number of urea groups is 1. The van der Waals surface area contributed by atoms with E-state index in [0.29, 0.717) is 31.5 Å². The average Bonchev–Trinajstić information content (AvgIpc) is 2.82. The van der Waals surface area contributed by atoms with E-state index in [2.05, 4.69) is 21.2 Å². The molecular formula is C17H11BrCl2N2O3. The molecule has 8 heteroatoms. The lowest BCUT2D eigenvalue weighted by molar-refractivity contribution is -0.113. The fraction of sp³-hybridized carbons (Fsp3) is 0.0588. The van der Waals surface area contributed by atoms with Gasteiger partial charge in [0.2, 0.25) is 0 Å². The van der Waals surface area contributed by atoms with Crippen LogP contribution < -0.4 is 15.0 Å². The molecule has 0 radical (unpaired) electrons. The minimum atomic E-state index is -0.530. The standard InChI is InChI=1S/C17H11BrCl2N2O3/c1-25-15-12(18)6-9(7-13(15)20)8-14-16(23)22(17(24)21-14)11-4-2-10(19)3-5-11/h2-8H,1H3,(H,21,24)/b14-8+. The number of amides is 3. The van der Waals surface area contributed by atoms with Gasteiger partial charge in [-0.3, -0.25) is 4.79 Å². The van der Waals surface area contributed by atoms with Gasteiger partial charge in [-0.1, -0.05) is 23.2 Å².